The third kappa shape index (κ3) is 2.71. The van der Waals surface area contributed by atoms with E-state index in [0.717, 1.165) is 0 Å². The van der Waals surface area contributed by atoms with Crippen molar-refractivity contribution in [2.75, 3.05) is 5.32 Å². The summed E-state index contributed by atoms with van der Waals surface area (Å²) >= 11 is 0. The van der Waals surface area contributed by atoms with Crippen molar-refractivity contribution in [3.8, 4) is 0 Å². The van der Waals surface area contributed by atoms with Crippen LogP contribution in [0.2, 0.25) is 0 Å². The Balaban J connectivity index is 2.12. The standard InChI is InChI=1S/C12H13N3O3/c1-7(16)14-8-2-4-10(13-6-8)9-3-5-11(17)15-12(9)18/h2,4,6,9H,3,5H2,1H3,(H,14,16)(H,15,17,18). The van der Waals surface area contributed by atoms with Gasteiger partial charge >= 0.3 is 0 Å². The molecule has 0 radical (unpaired) electrons. The van der Waals surface area contributed by atoms with Crippen molar-refractivity contribution in [3.63, 3.8) is 0 Å². The van der Waals surface area contributed by atoms with E-state index in [9.17, 15) is 14.4 Å². The van der Waals surface area contributed by atoms with Crippen molar-refractivity contribution in [1.82, 2.24) is 10.3 Å². The van der Waals surface area contributed by atoms with Crippen LogP contribution in [0.1, 0.15) is 31.4 Å². The van der Waals surface area contributed by atoms with E-state index in [1.807, 2.05) is 0 Å². The zero-order valence-electron chi connectivity index (χ0n) is 9.90. The number of anilines is 1. The van der Waals surface area contributed by atoms with Crippen LogP contribution in [0.3, 0.4) is 0 Å². The van der Waals surface area contributed by atoms with E-state index in [0.29, 0.717) is 24.2 Å². The zero-order valence-corrected chi connectivity index (χ0v) is 9.90. The number of hydrogen-bond acceptors (Lipinski definition) is 4. The minimum absolute atomic E-state index is 0.175. The van der Waals surface area contributed by atoms with Crippen LogP contribution in [0.25, 0.3) is 0 Å². The number of amides is 3. The monoisotopic (exact) mass is 247 g/mol. The SMILES string of the molecule is CC(=O)Nc1ccc(C2CCC(=O)NC2=O)nc1. The number of piperidine rings is 1. The first-order valence-electron chi connectivity index (χ1n) is 5.63. The number of hydrogen-bond donors (Lipinski definition) is 2. The fraction of sp³-hybridized carbons (Fsp3) is 0.333. The van der Waals surface area contributed by atoms with Crippen LogP contribution in [-0.2, 0) is 14.4 Å². The van der Waals surface area contributed by atoms with Crippen molar-refractivity contribution < 1.29 is 14.4 Å². The van der Waals surface area contributed by atoms with Gasteiger partial charge in [-0.2, -0.15) is 0 Å². The molecule has 6 heteroatoms. The molecule has 1 aromatic heterocycles. The quantitative estimate of drug-likeness (QED) is 0.747. The molecule has 1 aliphatic rings. The molecule has 18 heavy (non-hydrogen) atoms. The Hall–Kier alpha value is -2.24. The lowest BCUT2D eigenvalue weighted by atomic mass is 9.94. The average molecular weight is 247 g/mol. The molecule has 0 aromatic carbocycles. The van der Waals surface area contributed by atoms with Gasteiger partial charge in [0, 0.05) is 13.3 Å². The topological polar surface area (TPSA) is 88.2 Å². The number of carbonyl (C=O) groups is 3. The van der Waals surface area contributed by atoms with Crippen LogP contribution >= 0.6 is 0 Å². The molecule has 0 spiro atoms. The van der Waals surface area contributed by atoms with Crippen molar-refractivity contribution in [2.45, 2.75) is 25.7 Å². The Morgan fingerprint density at radius 3 is 2.78 bits per heavy atom. The van der Waals surface area contributed by atoms with E-state index < -0.39 is 5.92 Å². The third-order valence-electron chi connectivity index (χ3n) is 2.70. The maximum atomic E-state index is 11.6. The van der Waals surface area contributed by atoms with E-state index in [1.54, 1.807) is 12.1 Å². The Kier molecular flexibility index (Phi) is 3.36. The highest BCUT2D eigenvalue weighted by molar-refractivity contribution is 6.00. The molecule has 1 aliphatic heterocycles. The van der Waals surface area contributed by atoms with Gasteiger partial charge in [-0.25, -0.2) is 0 Å². The number of pyridine rings is 1. The van der Waals surface area contributed by atoms with Gasteiger partial charge in [0.05, 0.1) is 23.5 Å². The molecule has 2 N–H and O–H groups in total. The van der Waals surface area contributed by atoms with Crippen LogP contribution in [0.15, 0.2) is 18.3 Å². The molecule has 1 unspecified atom stereocenters. The Labute approximate surface area is 104 Å². The molecule has 0 saturated carbocycles. The van der Waals surface area contributed by atoms with Crippen molar-refractivity contribution in [3.05, 3.63) is 24.0 Å². The Morgan fingerprint density at radius 2 is 2.22 bits per heavy atom. The summed E-state index contributed by atoms with van der Waals surface area (Å²) in [6.45, 7) is 1.41. The summed E-state index contributed by atoms with van der Waals surface area (Å²) in [6, 6.07) is 3.37. The van der Waals surface area contributed by atoms with Gasteiger partial charge < -0.3 is 5.32 Å². The van der Waals surface area contributed by atoms with Gasteiger partial charge in [0.15, 0.2) is 0 Å². The lowest BCUT2D eigenvalue weighted by Crippen LogP contribution is -2.39. The normalized spacial score (nSPS) is 19.3. The van der Waals surface area contributed by atoms with Crippen LogP contribution in [-0.4, -0.2) is 22.7 Å². The first kappa shape index (κ1) is 12.2. The number of nitrogens with zero attached hydrogens (tertiary/aromatic N) is 1. The minimum Gasteiger partial charge on any atom is -0.325 e. The molecule has 2 rings (SSSR count). The number of carbonyl (C=O) groups excluding carboxylic acids is 3. The molecular weight excluding hydrogens is 234 g/mol. The van der Waals surface area contributed by atoms with Crippen molar-refractivity contribution in [1.29, 1.82) is 0 Å². The molecule has 2 heterocycles. The fourth-order valence-corrected chi connectivity index (χ4v) is 1.86. The van der Waals surface area contributed by atoms with E-state index in [1.165, 1.54) is 13.1 Å². The van der Waals surface area contributed by atoms with Gasteiger partial charge in [0.1, 0.15) is 0 Å². The molecule has 1 saturated heterocycles. The second kappa shape index (κ2) is 4.95. The maximum Gasteiger partial charge on any atom is 0.235 e. The molecule has 1 aromatic rings. The third-order valence-corrected chi connectivity index (χ3v) is 2.70. The molecular formula is C12H13N3O3. The summed E-state index contributed by atoms with van der Waals surface area (Å²) in [5.41, 5.74) is 1.19. The van der Waals surface area contributed by atoms with Gasteiger partial charge in [-0.15, -0.1) is 0 Å². The number of imide groups is 1. The molecule has 3 amide bonds. The number of aromatic nitrogens is 1. The molecule has 94 valence electrons. The second-order valence-corrected chi connectivity index (χ2v) is 4.16. The fourth-order valence-electron chi connectivity index (χ4n) is 1.86. The highest BCUT2D eigenvalue weighted by atomic mass is 16.2. The minimum atomic E-state index is -0.394. The summed E-state index contributed by atoms with van der Waals surface area (Å²) in [7, 11) is 0. The van der Waals surface area contributed by atoms with Crippen molar-refractivity contribution >= 4 is 23.4 Å². The van der Waals surface area contributed by atoms with Gasteiger partial charge in [-0.1, -0.05) is 0 Å². The van der Waals surface area contributed by atoms with Gasteiger partial charge in [-0.05, 0) is 18.6 Å². The smallest absolute Gasteiger partial charge is 0.235 e. The Bertz CT molecular complexity index is 496. The van der Waals surface area contributed by atoms with Crippen LogP contribution < -0.4 is 10.6 Å². The largest absolute Gasteiger partial charge is 0.325 e. The molecule has 1 fully saturated rings. The molecule has 0 aliphatic carbocycles. The van der Waals surface area contributed by atoms with E-state index in [-0.39, 0.29) is 17.7 Å². The lowest BCUT2D eigenvalue weighted by molar-refractivity contribution is -0.134. The summed E-state index contributed by atoms with van der Waals surface area (Å²) in [5, 5.41) is 4.88. The van der Waals surface area contributed by atoms with E-state index in [2.05, 4.69) is 15.6 Å². The Morgan fingerprint density at radius 1 is 1.44 bits per heavy atom. The van der Waals surface area contributed by atoms with Gasteiger partial charge in [0.2, 0.25) is 17.7 Å². The number of nitrogens with one attached hydrogen (secondary N) is 2. The number of rotatable bonds is 2. The van der Waals surface area contributed by atoms with Crippen LogP contribution in [0, 0.1) is 0 Å². The highest BCUT2D eigenvalue weighted by Gasteiger charge is 2.28. The predicted octanol–water partition coefficient (Wildman–Crippen LogP) is 0.560. The van der Waals surface area contributed by atoms with Gasteiger partial charge in [0.25, 0.3) is 0 Å². The van der Waals surface area contributed by atoms with Crippen LogP contribution in [0.5, 0.6) is 0 Å². The molecule has 6 nitrogen and oxygen atoms in total. The lowest BCUT2D eigenvalue weighted by Gasteiger charge is -2.20. The summed E-state index contributed by atoms with van der Waals surface area (Å²) in [4.78, 5) is 37.6. The van der Waals surface area contributed by atoms with Gasteiger partial charge in [-0.3, -0.25) is 24.7 Å². The van der Waals surface area contributed by atoms with Crippen LogP contribution in [0.4, 0.5) is 5.69 Å². The highest BCUT2D eigenvalue weighted by Crippen LogP contribution is 2.23. The van der Waals surface area contributed by atoms with Crippen molar-refractivity contribution in [2.24, 2.45) is 0 Å². The average Bonchev–Trinajstić information content (AvgIpc) is 2.30. The maximum absolute atomic E-state index is 11.6. The first-order chi connectivity index (χ1) is 8.56. The van der Waals surface area contributed by atoms with E-state index >= 15 is 0 Å². The second-order valence-electron chi connectivity index (χ2n) is 4.16. The molecule has 0 bridgehead atoms. The zero-order chi connectivity index (χ0) is 13.1. The summed E-state index contributed by atoms with van der Waals surface area (Å²) in [6.07, 6.45) is 2.29. The first-order valence-corrected chi connectivity index (χ1v) is 5.63. The predicted molar refractivity (Wildman–Crippen MR) is 63.7 cm³/mol. The molecule has 1 atom stereocenters. The van der Waals surface area contributed by atoms with E-state index in [4.69, 9.17) is 0 Å². The summed E-state index contributed by atoms with van der Waals surface area (Å²) < 4.78 is 0. The summed E-state index contributed by atoms with van der Waals surface area (Å²) in [5.74, 6) is -1.13.